The average molecular weight is 298 g/mol. The highest BCUT2D eigenvalue weighted by molar-refractivity contribution is 5.94. The van der Waals surface area contributed by atoms with Crippen molar-refractivity contribution >= 4 is 18.3 Å². The molecule has 1 aromatic heterocycles. The molecule has 5 heteroatoms. The van der Waals surface area contributed by atoms with Crippen molar-refractivity contribution in [2.75, 3.05) is 7.05 Å². The number of fused-ring (bicyclic) bond motifs is 2. The summed E-state index contributed by atoms with van der Waals surface area (Å²) in [6, 6.07) is 3.65. The van der Waals surface area contributed by atoms with Gasteiger partial charge in [0.05, 0.1) is 0 Å². The summed E-state index contributed by atoms with van der Waals surface area (Å²) in [6.07, 6.45) is 4.72. The number of hydrogen-bond donors (Lipinski definition) is 2. The molecule has 112 valence electrons. The van der Waals surface area contributed by atoms with E-state index >= 15 is 0 Å². The number of piperidine rings is 1. The highest BCUT2D eigenvalue weighted by Gasteiger charge is 2.36. The van der Waals surface area contributed by atoms with E-state index in [1.165, 1.54) is 12.8 Å². The van der Waals surface area contributed by atoms with Crippen LogP contribution >= 0.6 is 12.4 Å². The van der Waals surface area contributed by atoms with Gasteiger partial charge in [0.2, 0.25) is 0 Å². The van der Waals surface area contributed by atoms with Gasteiger partial charge in [0.1, 0.15) is 5.69 Å². The normalized spacial score (nSPS) is 28.1. The second kappa shape index (κ2) is 5.78. The summed E-state index contributed by atoms with van der Waals surface area (Å²) in [5.41, 5.74) is 2.86. The Morgan fingerprint density at radius 2 is 1.85 bits per heavy atom. The predicted molar refractivity (Wildman–Crippen MR) is 82.6 cm³/mol. The summed E-state index contributed by atoms with van der Waals surface area (Å²) in [6.45, 7) is 3.99. The van der Waals surface area contributed by atoms with Crippen molar-refractivity contribution in [3.63, 3.8) is 0 Å². The lowest BCUT2D eigenvalue weighted by molar-refractivity contribution is 0.0675. The zero-order valence-corrected chi connectivity index (χ0v) is 13.2. The number of carbonyl (C=O) groups is 1. The maximum Gasteiger partial charge on any atom is 0.270 e. The number of carbonyl (C=O) groups excluding carboxylic acids is 1. The summed E-state index contributed by atoms with van der Waals surface area (Å²) < 4.78 is 0. The van der Waals surface area contributed by atoms with Crippen LogP contribution in [0.5, 0.6) is 0 Å². The number of aromatic nitrogens is 1. The number of amides is 1. The molecule has 3 heterocycles. The Hall–Kier alpha value is -1.00. The number of rotatable bonds is 2. The van der Waals surface area contributed by atoms with Gasteiger partial charge in [-0.3, -0.25) is 4.79 Å². The van der Waals surface area contributed by atoms with Gasteiger partial charge in [0, 0.05) is 30.9 Å². The maximum atomic E-state index is 12.6. The lowest BCUT2D eigenvalue weighted by atomic mass is 9.98. The summed E-state index contributed by atoms with van der Waals surface area (Å²) in [5.74, 6) is 0.136. The Bertz CT molecular complexity index is 487. The first-order valence-electron chi connectivity index (χ1n) is 7.24. The fourth-order valence-electron chi connectivity index (χ4n) is 3.64. The van der Waals surface area contributed by atoms with E-state index in [2.05, 4.69) is 10.3 Å². The van der Waals surface area contributed by atoms with E-state index in [-0.39, 0.29) is 18.3 Å². The van der Waals surface area contributed by atoms with Gasteiger partial charge in [0.25, 0.3) is 5.91 Å². The summed E-state index contributed by atoms with van der Waals surface area (Å²) >= 11 is 0. The van der Waals surface area contributed by atoms with Crippen LogP contribution < -0.4 is 5.32 Å². The first kappa shape index (κ1) is 15.4. The minimum absolute atomic E-state index is 0. The first-order valence-corrected chi connectivity index (χ1v) is 7.24. The van der Waals surface area contributed by atoms with Crippen LogP contribution in [-0.4, -0.2) is 41.0 Å². The van der Waals surface area contributed by atoms with Crippen molar-refractivity contribution in [2.24, 2.45) is 0 Å². The average Bonchev–Trinajstić information content (AvgIpc) is 2.89. The lowest BCUT2D eigenvalue weighted by Crippen LogP contribution is -2.48. The third kappa shape index (κ3) is 2.72. The highest BCUT2D eigenvalue weighted by Crippen LogP contribution is 2.30. The third-order valence-electron chi connectivity index (χ3n) is 4.68. The molecule has 3 rings (SSSR count). The lowest BCUT2D eigenvalue weighted by Gasteiger charge is -2.35. The summed E-state index contributed by atoms with van der Waals surface area (Å²) in [5, 5.41) is 3.62. The van der Waals surface area contributed by atoms with Gasteiger partial charge in [-0.1, -0.05) is 0 Å². The Balaban J connectivity index is 0.00000147. The van der Waals surface area contributed by atoms with E-state index in [0.717, 1.165) is 29.8 Å². The molecule has 1 amide bonds. The van der Waals surface area contributed by atoms with Crippen LogP contribution in [0.25, 0.3) is 0 Å². The van der Waals surface area contributed by atoms with E-state index in [1.54, 1.807) is 0 Å². The van der Waals surface area contributed by atoms with E-state index < -0.39 is 0 Å². The largest absolute Gasteiger partial charge is 0.354 e. The Kier molecular flexibility index (Phi) is 4.45. The quantitative estimate of drug-likeness (QED) is 0.881. The molecule has 2 aliphatic heterocycles. The smallest absolute Gasteiger partial charge is 0.270 e. The van der Waals surface area contributed by atoms with Gasteiger partial charge >= 0.3 is 0 Å². The second-order valence-electron chi connectivity index (χ2n) is 6.19. The Morgan fingerprint density at radius 1 is 1.25 bits per heavy atom. The number of halogens is 1. The predicted octanol–water partition coefficient (Wildman–Crippen LogP) is 2.41. The molecule has 20 heavy (non-hydrogen) atoms. The number of hydrogen-bond acceptors (Lipinski definition) is 2. The van der Waals surface area contributed by atoms with Crippen molar-refractivity contribution in [3.8, 4) is 0 Å². The monoisotopic (exact) mass is 297 g/mol. The second-order valence-corrected chi connectivity index (χ2v) is 6.19. The zero-order valence-electron chi connectivity index (χ0n) is 12.4. The highest BCUT2D eigenvalue weighted by atomic mass is 35.5. The van der Waals surface area contributed by atoms with Crippen LogP contribution in [0.1, 0.15) is 47.4 Å². The van der Waals surface area contributed by atoms with Crippen LogP contribution in [-0.2, 0) is 0 Å². The number of aromatic amines is 1. The molecule has 0 spiro atoms. The molecule has 4 nitrogen and oxygen atoms in total. The van der Waals surface area contributed by atoms with Crippen molar-refractivity contribution in [1.82, 2.24) is 15.2 Å². The maximum absolute atomic E-state index is 12.6. The minimum atomic E-state index is 0. The van der Waals surface area contributed by atoms with Crippen molar-refractivity contribution in [1.29, 1.82) is 0 Å². The molecule has 0 radical (unpaired) electrons. The number of aryl methyl sites for hydroxylation is 2. The Labute approximate surface area is 126 Å². The molecule has 1 aromatic rings. The molecule has 0 saturated carbocycles. The molecule has 2 saturated heterocycles. The molecule has 0 aromatic carbocycles. The van der Waals surface area contributed by atoms with E-state index in [1.807, 2.05) is 31.9 Å². The van der Waals surface area contributed by atoms with Crippen LogP contribution in [0, 0.1) is 13.8 Å². The van der Waals surface area contributed by atoms with Crippen LogP contribution in [0.15, 0.2) is 6.07 Å². The van der Waals surface area contributed by atoms with Gasteiger partial charge in [-0.15, -0.1) is 12.4 Å². The van der Waals surface area contributed by atoms with Gasteiger partial charge in [0.15, 0.2) is 0 Å². The summed E-state index contributed by atoms with van der Waals surface area (Å²) in [7, 11) is 1.95. The van der Waals surface area contributed by atoms with E-state index in [0.29, 0.717) is 18.1 Å². The van der Waals surface area contributed by atoms with Crippen molar-refractivity contribution in [3.05, 3.63) is 23.0 Å². The SMILES string of the molecule is Cc1cc(C)c(C(=O)N(C)C2CC3CCC(C2)N3)[nH]1.Cl. The number of nitrogens with zero attached hydrogens (tertiary/aromatic N) is 1. The van der Waals surface area contributed by atoms with Gasteiger partial charge < -0.3 is 15.2 Å². The first-order chi connectivity index (χ1) is 9.04. The standard InChI is InChI=1S/C15H23N3O.ClH/c1-9-6-10(2)16-14(9)15(19)18(3)13-7-11-4-5-12(8-13)17-11;/h6,11-13,16-17H,4-5,7-8H2,1-3H3;1H. The van der Waals surface area contributed by atoms with Crippen LogP contribution in [0.3, 0.4) is 0 Å². The van der Waals surface area contributed by atoms with Gasteiger partial charge in [-0.25, -0.2) is 0 Å². The Morgan fingerprint density at radius 3 is 2.35 bits per heavy atom. The van der Waals surface area contributed by atoms with Crippen LogP contribution in [0.4, 0.5) is 0 Å². The zero-order chi connectivity index (χ0) is 13.6. The molecule has 0 aliphatic carbocycles. The fraction of sp³-hybridized carbons (Fsp3) is 0.667. The topological polar surface area (TPSA) is 48.1 Å². The molecule has 2 atom stereocenters. The minimum Gasteiger partial charge on any atom is -0.354 e. The number of nitrogens with one attached hydrogen (secondary N) is 2. The van der Waals surface area contributed by atoms with E-state index in [4.69, 9.17) is 0 Å². The molecule has 2 unspecified atom stereocenters. The third-order valence-corrected chi connectivity index (χ3v) is 4.68. The van der Waals surface area contributed by atoms with Crippen LogP contribution in [0.2, 0.25) is 0 Å². The van der Waals surface area contributed by atoms with Crippen molar-refractivity contribution < 1.29 is 4.79 Å². The molecule has 2 N–H and O–H groups in total. The molecule has 2 aliphatic rings. The number of H-pyrrole nitrogens is 1. The fourth-order valence-corrected chi connectivity index (χ4v) is 3.64. The molecular formula is C15H24ClN3O. The van der Waals surface area contributed by atoms with Crippen molar-refractivity contribution in [2.45, 2.75) is 57.7 Å². The summed E-state index contributed by atoms with van der Waals surface area (Å²) in [4.78, 5) is 17.7. The molecule has 2 bridgehead atoms. The van der Waals surface area contributed by atoms with E-state index in [9.17, 15) is 4.79 Å². The van der Waals surface area contributed by atoms with Gasteiger partial charge in [-0.05, 0) is 51.2 Å². The molecular weight excluding hydrogens is 274 g/mol. The van der Waals surface area contributed by atoms with Gasteiger partial charge in [-0.2, -0.15) is 0 Å². The molecule has 2 fully saturated rings.